The normalized spacial score (nSPS) is 13.2. The first-order valence-electron chi connectivity index (χ1n) is 6.87. The van der Waals surface area contributed by atoms with Crippen molar-refractivity contribution in [3.8, 4) is 0 Å². The molecule has 0 saturated carbocycles. The predicted molar refractivity (Wildman–Crippen MR) is 87.1 cm³/mol. The van der Waals surface area contributed by atoms with Crippen LogP contribution < -0.4 is 10.6 Å². The van der Waals surface area contributed by atoms with Gasteiger partial charge in [-0.1, -0.05) is 0 Å². The molecule has 2 rings (SSSR count). The van der Waals surface area contributed by atoms with E-state index < -0.39 is 28.6 Å². The number of hydrogen-bond acceptors (Lipinski definition) is 4. The first-order chi connectivity index (χ1) is 10.8. The maximum atomic E-state index is 14.0. The average Bonchev–Trinajstić information content (AvgIpc) is 2.49. The van der Waals surface area contributed by atoms with Gasteiger partial charge in [0.25, 0.3) is 5.56 Å². The summed E-state index contributed by atoms with van der Waals surface area (Å²) in [6.07, 6.45) is 0. The number of benzene rings is 1. The third-order valence-electron chi connectivity index (χ3n) is 3.31. The van der Waals surface area contributed by atoms with Gasteiger partial charge in [-0.15, -0.1) is 0 Å². The molecule has 1 aromatic heterocycles. The Morgan fingerprint density at radius 2 is 2.04 bits per heavy atom. The standard InChI is InChI=1S/C15H17F2N5O/c1-8(19-9(2)18-3)14-20-11-7-6-10(16)13(17)12(11)15(23)22(14)21(4)5/h6-8H,3H2,1-2,4-5H3. The van der Waals surface area contributed by atoms with Gasteiger partial charge in [0.1, 0.15) is 17.3 Å². The second-order valence-electron chi connectivity index (χ2n) is 5.20. The molecule has 2 aromatic rings. The lowest BCUT2D eigenvalue weighted by atomic mass is 10.2. The Labute approximate surface area is 131 Å². The summed E-state index contributed by atoms with van der Waals surface area (Å²) in [7, 11) is 3.20. The molecule has 23 heavy (non-hydrogen) atoms. The molecular weight excluding hydrogens is 304 g/mol. The molecule has 0 radical (unpaired) electrons. The van der Waals surface area contributed by atoms with Crippen LogP contribution in [0.25, 0.3) is 10.9 Å². The maximum Gasteiger partial charge on any atom is 0.283 e. The molecule has 0 saturated heterocycles. The Morgan fingerprint density at radius 1 is 1.39 bits per heavy atom. The highest BCUT2D eigenvalue weighted by Gasteiger charge is 2.21. The number of nitrogens with zero attached hydrogens (tertiary/aromatic N) is 5. The number of rotatable bonds is 3. The average molecular weight is 321 g/mol. The third-order valence-corrected chi connectivity index (χ3v) is 3.31. The van der Waals surface area contributed by atoms with Gasteiger partial charge in [0.2, 0.25) is 0 Å². The summed E-state index contributed by atoms with van der Waals surface area (Å²) in [5.74, 6) is -1.57. The molecule has 0 amide bonds. The third kappa shape index (κ3) is 2.96. The van der Waals surface area contributed by atoms with Crippen molar-refractivity contribution in [3.63, 3.8) is 0 Å². The van der Waals surface area contributed by atoms with Crippen LogP contribution in [-0.4, -0.2) is 36.3 Å². The van der Waals surface area contributed by atoms with Crippen molar-refractivity contribution in [3.05, 3.63) is 39.9 Å². The molecule has 122 valence electrons. The molecule has 0 N–H and O–H groups in total. The highest BCUT2D eigenvalue weighted by molar-refractivity contribution is 5.84. The Bertz CT molecular complexity index is 857. The van der Waals surface area contributed by atoms with Crippen molar-refractivity contribution in [2.75, 3.05) is 19.1 Å². The fourth-order valence-electron chi connectivity index (χ4n) is 2.25. The highest BCUT2D eigenvalue weighted by Crippen LogP contribution is 2.20. The van der Waals surface area contributed by atoms with E-state index in [1.807, 2.05) is 0 Å². The number of fused-ring (bicyclic) bond motifs is 1. The van der Waals surface area contributed by atoms with Crippen LogP contribution in [0.4, 0.5) is 8.78 Å². The van der Waals surface area contributed by atoms with E-state index >= 15 is 0 Å². The highest BCUT2D eigenvalue weighted by atomic mass is 19.2. The minimum absolute atomic E-state index is 0.0771. The molecule has 0 aliphatic rings. The Morgan fingerprint density at radius 3 is 2.61 bits per heavy atom. The Hall–Kier alpha value is -2.64. The van der Waals surface area contributed by atoms with E-state index in [4.69, 9.17) is 0 Å². The number of aliphatic imine (C=N–C) groups is 2. The summed E-state index contributed by atoms with van der Waals surface area (Å²) in [4.78, 5) is 24.9. The monoisotopic (exact) mass is 321 g/mol. The lowest BCUT2D eigenvalue weighted by Gasteiger charge is -2.22. The summed E-state index contributed by atoms with van der Waals surface area (Å²) < 4.78 is 28.6. The largest absolute Gasteiger partial charge is 0.314 e. The van der Waals surface area contributed by atoms with Gasteiger partial charge in [-0.05, 0) is 32.7 Å². The molecule has 0 aliphatic heterocycles. The maximum absolute atomic E-state index is 14.0. The summed E-state index contributed by atoms with van der Waals surface area (Å²) in [6, 6.07) is 1.69. The van der Waals surface area contributed by atoms with E-state index in [1.54, 1.807) is 27.9 Å². The van der Waals surface area contributed by atoms with Crippen LogP contribution in [0.3, 0.4) is 0 Å². The van der Waals surface area contributed by atoms with Gasteiger partial charge in [-0.2, -0.15) is 0 Å². The molecule has 0 spiro atoms. The van der Waals surface area contributed by atoms with E-state index in [2.05, 4.69) is 21.7 Å². The zero-order valence-electron chi connectivity index (χ0n) is 13.3. The Kier molecular flexibility index (Phi) is 4.53. The second-order valence-corrected chi connectivity index (χ2v) is 5.20. The fraction of sp³-hybridized carbons (Fsp3) is 0.333. The number of amidine groups is 1. The van der Waals surface area contributed by atoms with E-state index in [1.165, 1.54) is 11.1 Å². The van der Waals surface area contributed by atoms with Crippen LogP contribution in [-0.2, 0) is 0 Å². The summed E-state index contributed by atoms with van der Waals surface area (Å²) in [6.45, 7) is 6.77. The fourth-order valence-corrected chi connectivity index (χ4v) is 2.25. The van der Waals surface area contributed by atoms with Gasteiger partial charge < -0.3 is 5.01 Å². The van der Waals surface area contributed by atoms with Crippen LogP contribution in [0.5, 0.6) is 0 Å². The van der Waals surface area contributed by atoms with E-state index in [0.717, 1.165) is 10.7 Å². The number of aromatic nitrogens is 2. The first-order valence-corrected chi connectivity index (χ1v) is 6.87. The lowest BCUT2D eigenvalue weighted by Crippen LogP contribution is -2.40. The predicted octanol–water partition coefficient (Wildman–Crippen LogP) is 2.05. The van der Waals surface area contributed by atoms with Crippen LogP contribution in [0.2, 0.25) is 0 Å². The molecule has 1 aromatic carbocycles. The Balaban J connectivity index is 2.85. The zero-order chi connectivity index (χ0) is 17.3. The van der Waals surface area contributed by atoms with Crippen molar-refractivity contribution in [1.29, 1.82) is 0 Å². The van der Waals surface area contributed by atoms with E-state index in [-0.39, 0.29) is 5.52 Å². The summed E-state index contributed by atoms with van der Waals surface area (Å²) in [5, 5.41) is 1.05. The second kappa shape index (κ2) is 6.23. The molecule has 8 heteroatoms. The van der Waals surface area contributed by atoms with E-state index in [9.17, 15) is 13.6 Å². The summed E-state index contributed by atoms with van der Waals surface area (Å²) >= 11 is 0. The molecule has 0 bridgehead atoms. The van der Waals surface area contributed by atoms with Gasteiger partial charge in [-0.25, -0.2) is 23.4 Å². The lowest BCUT2D eigenvalue weighted by molar-refractivity contribution is 0.513. The van der Waals surface area contributed by atoms with Crippen LogP contribution in [0.15, 0.2) is 26.9 Å². The zero-order valence-corrected chi connectivity index (χ0v) is 13.3. The molecule has 1 heterocycles. The van der Waals surface area contributed by atoms with Crippen LogP contribution >= 0.6 is 0 Å². The molecule has 1 unspecified atom stereocenters. The minimum atomic E-state index is -1.21. The first kappa shape index (κ1) is 16.7. The van der Waals surface area contributed by atoms with Crippen molar-refractivity contribution >= 4 is 23.5 Å². The SMILES string of the molecule is C=NC(C)=NC(C)c1nc2ccc(F)c(F)c2c(=O)n1N(C)C. The van der Waals surface area contributed by atoms with Crippen molar-refractivity contribution in [2.24, 2.45) is 9.98 Å². The van der Waals surface area contributed by atoms with Crippen molar-refractivity contribution in [1.82, 2.24) is 9.66 Å². The molecule has 6 nitrogen and oxygen atoms in total. The van der Waals surface area contributed by atoms with Crippen molar-refractivity contribution < 1.29 is 8.78 Å². The van der Waals surface area contributed by atoms with Crippen LogP contribution in [0, 0.1) is 11.6 Å². The molecule has 0 aliphatic carbocycles. The van der Waals surface area contributed by atoms with Gasteiger partial charge in [-0.3, -0.25) is 9.79 Å². The number of halogens is 2. The van der Waals surface area contributed by atoms with Crippen LogP contribution in [0.1, 0.15) is 25.7 Å². The van der Waals surface area contributed by atoms with Gasteiger partial charge in [0.15, 0.2) is 17.5 Å². The minimum Gasteiger partial charge on any atom is -0.314 e. The van der Waals surface area contributed by atoms with Gasteiger partial charge in [0.05, 0.1) is 5.52 Å². The number of hydrogen-bond donors (Lipinski definition) is 0. The van der Waals surface area contributed by atoms with Gasteiger partial charge >= 0.3 is 0 Å². The smallest absolute Gasteiger partial charge is 0.283 e. The quantitative estimate of drug-likeness (QED) is 0.642. The molecular formula is C15H17F2N5O. The summed E-state index contributed by atoms with van der Waals surface area (Å²) in [5.41, 5.74) is -0.619. The molecule has 1 atom stereocenters. The molecule has 0 fully saturated rings. The van der Waals surface area contributed by atoms with Gasteiger partial charge in [0, 0.05) is 14.1 Å². The van der Waals surface area contributed by atoms with Crippen molar-refractivity contribution in [2.45, 2.75) is 19.9 Å². The topological polar surface area (TPSA) is 62.9 Å². The van der Waals surface area contributed by atoms with E-state index in [0.29, 0.717) is 11.7 Å².